The summed E-state index contributed by atoms with van der Waals surface area (Å²) in [6.07, 6.45) is -1.45. The van der Waals surface area contributed by atoms with E-state index in [1.165, 1.54) is 10.9 Å². The number of rotatable bonds is 2. The lowest BCUT2D eigenvalue weighted by Crippen LogP contribution is -2.43. The number of H-pyrrole nitrogens is 1. The number of halogens is 2. The molecule has 2 aromatic rings. The van der Waals surface area contributed by atoms with Gasteiger partial charge in [-0.05, 0) is 31.9 Å². The first-order valence-electron chi connectivity index (χ1n) is 6.71. The van der Waals surface area contributed by atoms with Gasteiger partial charge in [0.25, 0.3) is 6.43 Å². The number of alkyl halides is 2. The van der Waals surface area contributed by atoms with Crippen molar-refractivity contribution < 1.29 is 8.78 Å². The summed E-state index contributed by atoms with van der Waals surface area (Å²) in [4.78, 5) is 5.29. The molecule has 4 heteroatoms. The van der Waals surface area contributed by atoms with E-state index in [4.69, 9.17) is 0 Å². The zero-order chi connectivity index (χ0) is 13.6. The lowest BCUT2D eigenvalue weighted by Gasteiger charge is -2.38. The van der Waals surface area contributed by atoms with E-state index in [2.05, 4.69) is 11.1 Å². The second-order valence-electron chi connectivity index (χ2n) is 5.38. The molecule has 2 heterocycles. The average molecular weight is 264 g/mol. The van der Waals surface area contributed by atoms with Gasteiger partial charge < -0.3 is 4.98 Å². The van der Waals surface area contributed by atoms with Gasteiger partial charge in [0.05, 0.1) is 6.54 Å². The van der Waals surface area contributed by atoms with E-state index < -0.39 is 6.43 Å². The Balaban J connectivity index is 2.05. The van der Waals surface area contributed by atoms with Crippen LogP contribution < -0.4 is 0 Å². The first-order chi connectivity index (χ1) is 9.08. The lowest BCUT2D eigenvalue weighted by atomic mass is 9.93. The molecule has 0 bridgehead atoms. The van der Waals surface area contributed by atoms with E-state index in [0.717, 1.165) is 17.6 Å². The van der Waals surface area contributed by atoms with Gasteiger partial charge in [-0.15, -0.1) is 0 Å². The van der Waals surface area contributed by atoms with Gasteiger partial charge in [-0.25, -0.2) is 8.78 Å². The minimum Gasteiger partial charge on any atom is -0.357 e. The van der Waals surface area contributed by atoms with Gasteiger partial charge in [0.15, 0.2) is 0 Å². The Kier molecular flexibility index (Phi) is 3.05. The molecule has 0 aliphatic carbocycles. The number of aromatic amines is 1. The fraction of sp³-hybridized carbons (Fsp3) is 0.467. The van der Waals surface area contributed by atoms with Crippen LogP contribution in [0.4, 0.5) is 8.78 Å². The topological polar surface area (TPSA) is 19.0 Å². The van der Waals surface area contributed by atoms with Crippen LogP contribution in [-0.2, 0) is 6.42 Å². The average Bonchev–Trinajstić information content (AvgIpc) is 2.73. The Bertz CT molecular complexity index is 591. The van der Waals surface area contributed by atoms with Crippen LogP contribution in [0.15, 0.2) is 24.3 Å². The molecule has 0 radical (unpaired) electrons. The van der Waals surface area contributed by atoms with Crippen LogP contribution in [0.1, 0.15) is 31.1 Å². The Morgan fingerprint density at radius 1 is 1.32 bits per heavy atom. The second kappa shape index (κ2) is 4.60. The van der Waals surface area contributed by atoms with Crippen LogP contribution in [0.2, 0.25) is 0 Å². The Labute approximate surface area is 111 Å². The third-order valence-corrected chi connectivity index (χ3v) is 4.18. The molecule has 102 valence electrons. The summed E-state index contributed by atoms with van der Waals surface area (Å²) in [7, 11) is 0. The van der Waals surface area contributed by atoms with E-state index in [1.807, 2.05) is 36.9 Å². The fourth-order valence-electron chi connectivity index (χ4n) is 3.26. The van der Waals surface area contributed by atoms with Crippen LogP contribution >= 0.6 is 0 Å². The van der Waals surface area contributed by atoms with E-state index >= 15 is 0 Å². The zero-order valence-corrected chi connectivity index (χ0v) is 11.2. The predicted octanol–water partition coefficient (Wildman–Crippen LogP) is 3.74. The van der Waals surface area contributed by atoms with Gasteiger partial charge in [-0.1, -0.05) is 18.2 Å². The summed E-state index contributed by atoms with van der Waals surface area (Å²) in [5.41, 5.74) is 3.49. The lowest BCUT2D eigenvalue weighted by molar-refractivity contribution is 0.0399. The molecule has 1 aromatic heterocycles. The summed E-state index contributed by atoms with van der Waals surface area (Å²) in [5, 5.41) is 1.23. The SMILES string of the molecule is C[C@@H]1Cc2c([nH]c3ccccc23)[C@@H](C)N1CC(F)F. The van der Waals surface area contributed by atoms with Crippen molar-refractivity contribution in [1.29, 1.82) is 0 Å². The third kappa shape index (κ3) is 2.04. The number of aromatic nitrogens is 1. The molecule has 19 heavy (non-hydrogen) atoms. The standard InChI is InChI=1S/C15H18F2N2/c1-9-7-12-11-5-3-4-6-13(11)18-15(12)10(2)19(9)8-14(16)17/h3-6,9-10,14,18H,7-8H2,1-2H3/t9-,10-/m1/s1. The van der Waals surface area contributed by atoms with Gasteiger partial charge in [0.1, 0.15) is 0 Å². The smallest absolute Gasteiger partial charge is 0.251 e. The van der Waals surface area contributed by atoms with Gasteiger partial charge in [0, 0.05) is 28.7 Å². The highest BCUT2D eigenvalue weighted by atomic mass is 19.3. The molecule has 0 spiro atoms. The van der Waals surface area contributed by atoms with Crippen molar-refractivity contribution in [3.8, 4) is 0 Å². The first kappa shape index (κ1) is 12.6. The molecule has 3 rings (SSSR count). The monoisotopic (exact) mass is 264 g/mol. The first-order valence-corrected chi connectivity index (χ1v) is 6.71. The van der Waals surface area contributed by atoms with E-state index in [0.29, 0.717) is 0 Å². The normalized spacial score (nSPS) is 24.1. The molecule has 0 amide bonds. The summed E-state index contributed by atoms with van der Waals surface area (Å²) in [6.45, 7) is 3.88. The van der Waals surface area contributed by atoms with Crippen molar-refractivity contribution in [2.45, 2.75) is 38.8 Å². The van der Waals surface area contributed by atoms with E-state index in [-0.39, 0.29) is 18.6 Å². The number of nitrogens with one attached hydrogen (secondary N) is 1. The maximum absolute atomic E-state index is 12.7. The molecule has 2 atom stereocenters. The summed E-state index contributed by atoms with van der Waals surface area (Å²) < 4.78 is 25.4. The Morgan fingerprint density at radius 2 is 2.05 bits per heavy atom. The predicted molar refractivity (Wildman–Crippen MR) is 72.6 cm³/mol. The Hall–Kier alpha value is -1.42. The van der Waals surface area contributed by atoms with Crippen molar-refractivity contribution in [3.05, 3.63) is 35.5 Å². The van der Waals surface area contributed by atoms with Crippen LogP contribution in [-0.4, -0.2) is 28.9 Å². The molecule has 0 unspecified atom stereocenters. The maximum Gasteiger partial charge on any atom is 0.251 e. The fourth-order valence-corrected chi connectivity index (χ4v) is 3.26. The summed E-state index contributed by atoms with van der Waals surface area (Å²) in [6, 6.07) is 8.33. The molecule has 0 fully saturated rings. The van der Waals surface area contributed by atoms with Gasteiger partial charge in [-0.3, -0.25) is 4.90 Å². The third-order valence-electron chi connectivity index (χ3n) is 4.18. The molecule has 1 aliphatic heterocycles. The highest BCUT2D eigenvalue weighted by Crippen LogP contribution is 2.36. The minimum absolute atomic E-state index is 0.0140. The molecule has 2 nitrogen and oxygen atoms in total. The van der Waals surface area contributed by atoms with Crippen molar-refractivity contribution >= 4 is 10.9 Å². The molecule has 0 saturated carbocycles. The molecular weight excluding hydrogens is 246 g/mol. The quantitative estimate of drug-likeness (QED) is 0.875. The second-order valence-corrected chi connectivity index (χ2v) is 5.38. The number of benzene rings is 1. The number of hydrogen-bond acceptors (Lipinski definition) is 1. The highest BCUT2D eigenvalue weighted by Gasteiger charge is 2.33. The van der Waals surface area contributed by atoms with Crippen molar-refractivity contribution in [2.75, 3.05) is 6.54 Å². The van der Waals surface area contributed by atoms with Gasteiger partial charge in [0.2, 0.25) is 0 Å². The minimum atomic E-state index is -2.28. The number of nitrogens with zero attached hydrogens (tertiary/aromatic N) is 1. The van der Waals surface area contributed by atoms with Crippen molar-refractivity contribution in [3.63, 3.8) is 0 Å². The van der Waals surface area contributed by atoms with E-state index in [1.54, 1.807) is 0 Å². The Morgan fingerprint density at radius 3 is 2.79 bits per heavy atom. The number of fused-ring (bicyclic) bond motifs is 3. The van der Waals surface area contributed by atoms with Crippen LogP contribution in [0, 0.1) is 0 Å². The van der Waals surface area contributed by atoms with Crippen molar-refractivity contribution in [2.24, 2.45) is 0 Å². The summed E-state index contributed by atoms with van der Waals surface area (Å²) in [5.74, 6) is 0. The van der Waals surface area contributed by atoms with Gasteiger partial charge in [-0.2, -0.15) is 0 Å². The largest absolute Gasteiger partial charge is 0.357 e. The van der Waals surface area contributed by atoms with E-state index in [9.17, 15) is 8.78 Å². The van der Waals surface area contributed by atoms with Crippen LogP contribution in [0.3, 0.4) is 0 Å². The number of hydrogen-bond donors (Lipinski definition) is 1. The highest BCUT2D eigenvalue weighted by molar-refractivity contribution is 5.85. The summed E-state index contributed by atoms with van der Waals surface area (Å²) >= 11 is 0. The van der Waals surface area contributed by atoms with Crippen LogP contribution in [0.5, 0.6) is 0 Å². The van der Waals surface area contributed by atoms with Crippen LogP contribution in [0.25, 0.3) is 10.9 Å². The number of para-hydroxylation sites is 1. The van der Waals surface area contributed by atoms with Gasteiger partial charge >= 0.3 is 0 Å². The zero-order valence-electron chi connectivity index (χ0n) is 11.2. The molecule has 1 aromatic carbocycles. The molecule has 1 aliphatic rings. The molecular formula is C15H18F2N2. The molecule has 0 saturated heterocycles. The maximum atomic E-state index is 12.7. The van der Waals surface area contributed by atoms with Crippen molar-refractivity contribution in [1.82, 2.24) is 9.88 Å². The molecule has 1 N–H and O–H groups in total.